The van der Waals surface area contributed by atoms with Crippen LogP contribution in [0.2, 0.25) is 0 Å². The van der Waals surface area contributed by atoms with Crippen molar-refractivity contribution in [1.29, 1.82) is 0 Å². The molecule has 19 heavy (non-hydrogen) atoms. The number of carbonyl (C=O) groups is 1. The summed E-state index contributed by atoms with van der Waals surface area (Å²) in [5.41, 5.74) is 3.11. The molecule has 5 heteroatoms. The summed E-state index contributed by atoms with van der Waals surface area (Å²) in [6.07, 6.45) is 0. The average Bonchev–Trinajstić information content (AvgIpc) is 3.04. The molecule has 0 radical (unpaired) electrons. The Balaban J connectivity index is 1.73. The molecule has 1 amide bonds. The summed E-state index contributed by atoms with van der Waals surface area (Å²) >= 11 is 1.43. The molecular formula is C14H13N3OS. The highest BCUT2D eigenvalue weighted by Crippen LogP contribution is 2.13. The molecule has 0 fully saturated rings. The van der Waals surface area contributed by atoms with Gasteiger partial charge in [0.05, 0.1) is 22.5 Å². The fraction of sp³-hybridized carbons (Fsp3) is 0.143. The van der Waals surface area contributed by atoms with Crippen LogP contribution in [0.3, 0.4) is 0 Å². The lowest BCUT2D eigenvalue weighted by molar-refractivity contribution is 0.0954. The number of hydrogen-bond acceptors (Lipinski definition) is 3. The van der Waals surface area contributed by atoms with Crippen molar-refractivity contribution in [1.82, 2.24) is 15.3 Å². The van der Waals surface area contributed by atoms with E-state index in [1.165, 1.54) is 16.9 Å². The Bertz CT molecular complexity index is 715. The van der Waals surface area contributed by atoms with Gasteiger partial charge in [-0.1, -0.05) is 12.1 Å². The van der Waals surface area contributed by atoms with Crippen LogP contribution >= 0.6 is 11.3 Å². The Morgan fingerprint density at radius 1 is 1.42 bits per heavy atom. The van der Waals surface area contributed by atoms with E-state index in [-0.39, 0.29) is 5.91 Å². The van der Waals surface area contributed by atoms with E-state index in [0.717, 1.165) is 16.9 Å². The van der Waals surface area contributed by atoms with E-state index in [4.69, 9.17) is 0 Å². The Labute approximate surface area is 114 Å². The number of aryl methyl sites for hydroxylation is 1. The number of carbonyl (C=O) groups excluding carboxylic acids is 1. The maximum atomic E-state index is 11.8. The van der Waals surface area contributed by atoms with E-state index < -0.39 is 0 Å². The minimum atomic E-state index is -0.0633. The van der Waals surface area contributed by atoms with Gasteiger partial charge >= 0.3 is 0 Å². The number of nitrogens with zero attached hydrogens (tertiary/aromatic N) is 1. The molecule has 1 aromatic carbocycles. The smallest absolute Gasteiger partial charge is 0.261 e. The molecular weight excluding hydrogens is 258 g/mol. The molecule has 0 saturated heterocycles. The zero-order valence-corrected chi connectivity index (χ0v) is 11.3. The van der Waals surface area contributed by atoms with Crippen LogP contribution < -0.4 is 5.32 Å². The van der Waals surface area contributed by atoms with Crippen LogP contribution in [0.25, 0.3) is 11.0 Å². The van der Waals surface area contributed by atoms with Crippen molar-refractivity contribution >= 4 is 28.3 Å². The van der Waals surface area contributed by atoms with Gasteiger partial charge in [-0.3, -0.25) is 4.79 Å². The zero-order valence-electron chi connectivity index (χ0n) is 10.4. The number of nitrogens with one attached hydrogen (secondary N) is 2. The van der Waals surface area contributed by atoms with Crippen LogP contribution in [0.4, 0.5) is 0 Å². The van der Waals surface area contributed by atoms with E-state index in [0.29, 0.717) is 11.4 Å². The molecule has 0 unspecified atom stereocenters. The third-order valence-electron chi connectivity index (χ3n) is 2.85. The molecule has 3 aromatic rings. The first-order valence-electron chi connectivity index (χ1n) is 5.99. The number of benzene rings is 1. The average molecular weight is 271 g/mol. The highest BCUT2D eigenvalue weighted by molar-refractivity contribution is 7.12. The first-order chi connectivity index (χ1) is 9.22. The summed E-state index contributed by atoms with van der Waals surface area (Å²) in [6, 6.07) is 9.72. The summed E-state index contributed by atoms with van der Waals surface area (Å²) in [7, 11) is 0. The van der Waals surface area contributed by atoms with Crippen molar-refractivity contribution in [2.24, 2.45) is 0 Å². The maximum absolute atomic E-state index is 11.8. The van der Waals surface area contributed by atoms with E-state index in [9.17, 15) is 4.79 Å². The van der Waals surface area contributed by atoms with E-state index >= 15 is 0 Å². The quantitative estimate of drug-likeness (QED) is 0.769. The topological polar surface area (TPSA) is 57.8 Å². The molecule has 0 spiro atoms. The number of rotatable bonds is 3. The lowest BCUT2D eigenvalue weighted by Gasteiger charge is -1.99. The molecule has 0 aliphatic heterocycles. The fourth-order valence-corrected chi connectivity index (χ4v) is 2.56. The molecule has 3 rings (SSSR count). The van der Waals surface area contributed by atoms with Crippen LogP contribution in [-0.4, -0.2) is 15.9 Å². The number of H-pyrrole nitrogens is 1. The van der Waals surface area contributed by atoms with E-state index in [2.05, 4.69) is 15.3 Å². The second-order valence-corrected chi connectivity index (χ2v) is 5.31. The van der Waals surface area contributed by atoms with Gasteiger partial charge in [-0.2, -0.15) is 0 Å². The highest BCUT2D eigenvalue weighted by atomic mass is 32.1. The predicted molar refractivity (Wildman–Crippen MR) is 76.3 cm³/mol. The number of imidazole rings is 1. The zero-order chi connectivity index (χ0) is 13.2. The van der Waals surface area contributed by atoms with Crippen molar-refractivity contribution in [3.8, 4) is 0 Å². The molecule has 0 bridgehead atoms. The van der Waals surface area contributed by atoms with Crippen molar-refractivity contribution in [2.45, 2.75) is 13.5 Å². The summed E-state index contributed by atoms with van der Waals surface area (Å²) in [6.45, 7) is 2.45. The highest BCUT2D eigenvalue weighted by Gasteiger charge is 2.08. The minimum Gasteiger partial charge on any atom is -0.344 e. The Morgan fingerprint density at radius 2 is 2.32 bits per heavy atom. The predicted octanol–water partition coefficient (Wildman–Crippen LogP) is 2.86. The first kappa shape index (κ1) is 11.9. The van der Waals surface area contributed by atoms with Crippen LogP contribution in [0.5, 0.6) is 0 Å². The summed E-state index contributed by atoms with van der Waals surface area (Å²) in [4.78, 5) is 20.2. The second-order valence-electron chi connectivity index (χ2n) is 4.36. The van der Waals surface area contributed by atoms with Gasteiger partial charge in [0.25, 0.3) is 5.91 Å². The molecule has 4 nitrogen and oxygen atoms in total. The number of fused-ring (bicyclic) bond motifs is 1. The molecule has 0 aliphatic carbocycles. The van der Waals surface area contributed by atoms with Crippen molar-refractivity contribution in [3.63, 3.8) is 0 Å². The van der Waals surface area contributed by atoms with Crippen molar-refractivity contribution in [2.75, 3.05) is 0 Å². The van der Waals surface area contributed by atoms with E-state index in [1.54, 1.807) is 0 Å². The van der Waals surface area contributed by atoms with E-state index in [1.807, 2.05) is 42.6 Å². The van der Waals surface area contributed by atoms with Gasteiger partial charge < -0.3 is 10.3 Å². The molecule has 96 valence electrons. The molecule has 2 N–H and O–H groups in total. The van der Waals surface area contributed by atoms with Crippen LogP contribution in [0, 0.1) is 6.92 Å². The van der Waals surface area contributed by atoms with Crippen molar-refractivity contribution < 1.29 is 4.79 Å². The molecule has 0 atom stereocenters. The van der Waals surface area contributed by atoms with Gasteiger partial charge in [-0.15, -0.1) is 11.3 Å². The maximum Gasteiger partial charge on any atom is 0.261 e. The Morgan fingerprint density at radius 3 is 3.11 bits per heavy atom. The van der Waals surface area contributed by atoms with Crippen LogP contribution in [0.15, 0.2) is 35.7 Å². The summed E-state index contributed by atoms with van der Waals surface area (Å²) in [5, 5.41) is 4.74. The standard InChI is InChI=1S/C14H13N3OS/c1-9-4-5-10-11(7-9)17-13(16-10)8-15-14(18)12-3-2-6-19-12/h2-7H,8H2,1H3,(H,15,18)(H,16,17). The number of aromatic amines is 1. The second kappa shape index (κ2) is 4.85. The summed E-state index contributed by atoms with van der Waals surface area (Å²) < 4.78 is 0. The van der Waals surface area contributed by atoms with Gasteiger partial charge in [0.15, 0.2) is 0 Å². The van der Waals surface area contributed by atoms with Crippen LogP contribution in [-0.2, 0) is 6.54 Å². The fourth-order valence-electron chi connectivity index (χ4n) is 1.92. The monoisotopic (exact) mass is 271 g/mol. The summed E-state index contributed by atoms with van der Waals surface area (Å²) in [5.74, 6) is 0.706. The third kappa shape index (κ3) is 2.51. The van der Waals surface area contributed by atoms with Gasteiger partial charge in [-0.05, 0) is 36.1 Å². The van der Waals surface area contributed by atoms with Gasteiger partial charge in [0.1, 0.15) is 5.82 Å². The number of aromatic nitrogens is 2. The number of amides is 1. The molecule has 2 aromatic heterocycles. The number of thiophene rings is 1. The Hall–Kier alpha value is -2.14. The van der Waals surface area contributed by atoms with Gasteiger partial charge in [0.2, 0.25) is 0 Å². The third-order valence-corrected chi connectivity index (χ3v) is 3.72. The van der Waals surface area contributed by atoms with Crippen LogP contribution in [0.1, 0.15) is 21.1 Å². The minimum absolute atomic E-state index is 0.0633. The lowest BCUT2D eigenvalue weighted by Crippen LogP contribution is -2.22. The van der Waals surface area contributed by atoms with Crippen molar-refractivity contribution in [3.05, 3.63) is 52.0 Å². The molecule has 0 saturated carbocycles. The Kier molecular flexibility index (Phi) is 3.05. The largest absolute Gasteiger partial charge is 0.344 e. The number of hydrogen-bond donors (Lipinski definition) is 2. The molecule has 0 aliphatic rings. The normalized spacial score (nSPS) is 10.8. The SMILES string of the molecule is Cc1ccc2nc(CNC(=O)c3cccs3)[nH]c2c1. The lowest BCUT2D eigenvalue weighted by atomic mass is 10.2. The molecule has 2 heterocycles. The van der Waals surface area contributed by atoms with Gasteiger partial charge in [0, 0.05) is 0 Å². The first-order valence-corrected chi connectivity index (χ1v) is 6.87. The van der Waals surface area contributed by atoms with Gasteiger partial charge in [-0.25, -0.2) is 4.98 Å².